The van der Waals surface area contributed by atoms with E-state index in [1.54, 1.807) is 24.3 Å². The molecule has 1 N–H and O–H groups in total. The van der Waals surface area contributed by atoms with Crippen LogP contribution in [0.15, 0.2) is 42.5 Å². The molecule has 0 saturated heterocycles. The number of para-hydroxylation sites is 2. The molecule has 0 aliphatic carbocycles. The van der Waals surface area contributed by atoms with Gasteiger partial charge in [0, 0.05) is 18.4 Å². The first-order chi connectivity index (χ1) is 13.2. The molecule has 1 heterocycles. The lowest BCUT2D eigenvalue weighted by molar-refractivity contribution is -0.116. The summed E-state index contributed by atoms with van der Waals surface area (Å²) in [4.78, 5) is 24.6. The highest BCUT2D eigenvalue weighted by Gasteiger charge is 2.16. The number of ether oxygens (including phenoxy) is 3. The summed E-state index contributed by atoms with van der Waals surface area (Å²) in [6.07, 6.45) is 1.09. The van der Waals surface area contributed by atoms with E-state index < -0.39 is 0 Å². The molecule has 1 amide bonds. The standard InChI is InChI=1S/C21H23NO5/c1-2-11-25-18-6-4-3-5-16(18)22-21(24)10-8-17(23)15-7-9-19-20(14-15)27-13-12-26-19/h3-7,9,14H,2,8,10-13H2,1H3,(H,22,24). The van der Waals surface area contributed by atoms with Crippen molar-refractivity contribution in [3.63, 3.8) is 0 Å². The molecule has 0 fully saturated rings. The third-order valence-corrected chi connectivity index (χ3v) is 4.07. The molecule has 3 rings (SSSR count). The van der Waals surface area contributed by atoms with Crippen molar-refractivity contribution >= 4 is 17.4 Å². The van der Waals surface area contributed by atoms with Gasteiger partial charge in [-0.05, 0) is 36.8 Å². The van der Waals surface area contributed by atoms with Gasteiger partial charge in [-0.2, -0.15) is 0 Å². The van der Waals surface area contributed by atoms with Crippen LogP contribution in [0.3, 0.4) is 0 Å². The van der Waals surface area contributed by atoms with Crippen LogP contribution < -0.4 is 19.5 Å². The maximum Gasteiger partial charge on any atom is 0.224 e. The second kappa shape index (κ2) is 9.07. The molecule has 1 aliphatic heterocycles. The van der Waals surface area contributed by atoms with Crippen LogP contribution in [0.25, 0.3) is 0 Å². The van der Waals surface area contributed by atoms with Gasteiger partial charge in [-0.3, -0.25) is 9.59 Å². The molecule has 0 unspecified atom stereocenters. The van der Waals surface area contributed by atoms with Gasteiger partial charge in [-0.25, -0.2) is 0 Å². The van der Waals surface area contributed by atoms with Crippen LogP contribution in [-0.2, 0) is 4.79 Å². The summed E-state index contributed by atoms with van der Waals surface area (Å²) in [6, 6.07) is 12.4. The number of benzene rings is 2. The van der Waals surface area contributed by atoms with E-state index >= 15 is 0 Å². The Labute approximate surface area is 158 Å². The summed E-state index contributed by atoms with van der Waals surface area (Å²) in [5.41, 5.74) is 1.13. The first-order valence-electron chi connectivity index (χ1n) is 9.12. The fraction of sp³-hybridized carbons (Fsp3) is 0.333. The smallest absolute Gasteiger partial charge is 0.224 e. The van der Waals surface area contributed by atoms with Crippen LogP contribution >= 0.6 is 0 Å². The molecule has 27 heavy (non-hydrogen) atoms. The quantitative estimate of drug-likeness (QED) is 0.716. The van der Waals surface area contributed by atoms with Crippen molar-refractivity contribution in [1.29, 1.82) is 0 Å². The van der Waals surface area contributed by atoms with Crippen molar-refractivity contribution in [3.05, 3.63) is 48.0 Å². The van der Waals surface area contributed by atoms with E-state index in [-0.39, 0.29) is 24.5 Å². The zero-order chi connectivity index (χ0) is 19.1. The number of carbonyl (C=O) groups excluding carboxylic acids is 2. The minimum atomic E-state index is -0.228. The van der Waals surface area contributed by atoms with Gasteiger partial charge in [0.2, 0.25) is 5.91 Å². The lowest BCUT2D eigenvalue weighted by Gasteiger charge is -2.18. The maximum absolute atomic E-state index is 12.4. The number of Topliss-reactive ketones (excluding diaryl/α,β-unsaturated/α-hetero) is 1. The maximum atomic E-state index is 12.4. The van der Waals surface area contributed by atoms with Crippen molar-refractivity contribution in [2.45, 2.75) is 26.2 Å². The molecule has 6 nitrogen and oxygen atoms in total. The van der Waals surface area contributed by atoms with Crippen molar-refractivity contribution in [2.24, 2.45) is 0 Å². The van der Waals surface area contributed by atoms with Gasteiger partial charge in [0.15, 0.2) is 17.3 Å². The Balaban J connectivity index is 1.55. The molecule has 1 aliphatic rings. The second-order valence-electron chi connectivity index (χ2n) is 6.17. The Morgan fingerprint density at radius 3 is 2.63 bits per heavy atom. The number of anilines is 1. The molecule has 0 saturated carbocycles. The van der Waals surface area contributed by atoms with Gasteiger partial charge in [-0.1, -0.05) is 19.1 Å². The second-order valence-corrected chi connectivity index (χ2v) is 6.17. The van der Waals surface area contributed by atoms with Crippen molar-refractivity contribution < 1.29 is 23.8 Å². The molecular weight excluding hydrogens is 346 g/mol. The molecule has 6 heteroatoms. The van der Waals surface area contributed by atoms with Gasteiger partial charge in [-0.15, -0.1) is 0 Å². The summed E-state index contributed by atoms with van der Waals surface area (Å²) >= 11 is 0. The monoisotopic (exact) mass is 369 g/mol. The highest BCUT2D eigenvalue weighted by molar-refractivity contribution is 6.00. The number of nitrogens with one attached hydrogen (secondary N) is 1. The van der Waals surface area contributed by atoms with Crippen LogP contribution in [0.5, 0.6) is 17.2 Å². The fourth-order valence-corrected chi connectivity index (χ4v) is 2.71. The average molecular weight is 369 g/mol. The lowest BCUT2D eigenvalue weighted by atomic mass is 10.1. The SMILES string of the molecule is CCCOc1ccccc1NC(=O)CCC(=O)c1ccc2c(c1)OCCO2. The number of carbonyl (C=O) groups is 2. The Morgan fingerprint density at radius 2 is 1.81 bits per heavy atom. The van der Waals surface area contributed by atoms with E-state index in [0.29, 0.717) is 48.3 Å². The first-order valence-corrected chi connectivity index (χ1v) is 9.12. The van der Waals surface area contributed by atoms with Crippen molar-refractivity contribution in [2.75, 3.05) is 25.1 Å². The predicted octanol–water partition coefficient (Wildman–Crippen LogP) is 3.85. The predicted molar refractivity (Wildman–Crippen MR) is 102 cm³/mol. The van der Waals surface area contributed by atoms with Crippen molar-refractivity contribution in [3.8, 4) is 17.2 Å². The van der Waals surface area contributed by atoms with E-state index in [0.717, 1.165) is 6.42 Å². The molecular formula is C21H23NO5. The van der Waals surface area contributed by atoms with Gasteiger partial charge < -0.3 is 19.5 Å². The Hall–Kier alpha value is -3.02. The van der Waals surface area contributed by atoms with Crippen LogP contribution in [0, 0.1) is 0 Å². The summed E-state index contributed by atoms with van der Waals surface area (Å²) in [6.45, 7) is 3.57. The zero-order valence-corrected chi connectivity index (χ0v) is 15.3. The zero-order valence-electron chi connectivity index (χ0n) is 15.3. The average Bonchev–Trinajstić information content (AvgIpc) is 2.71. The largest absolute Gasteiger partial charge is 0.491 e. The molecule has 2 aromatic rings. The minimum Gasteiger partial charge on any atom is -0.491 e. The molecule has 0 radical (unpaired) electrons. The summed E-state index contributed by atoms with van der Waals surface area (Å²) < 4.78 is 16.6. The van der Waals surface area contributed by atoms with Gasteiger partial charge in [0.25, 0.3) is 0 Å². The van der Waals surface area contributed by atoms with Crippen LogP contribution in [0.2, 0.25) is 0 Å². The Kier molecular flexibility index (Phi) is 6.30. The number of amides is 1. The minimum absolute atomic E-state index is 0.0926. The lowest BCUT2D eigenvalue weighted by Crippen LogP contribution is -2.16. The number of hydrogen-bond donors (Lipinski definition) is 1. The summed E-state index contributed by atoms with van der Waals surface area (Å²) in [7, 11) is 0. The Bertz CT molecular complexity index is 818. The van der Waals surface area contributed by atoms with E-state index in [9.17, 15) is 9.59 Å². The van der Waals surface area contributed by atoms with E-state index in [4.69, 9.17) is 14.2 Å². The third kappa shape index (κ3) is 5.00. The van der Waals surface area contributed by atoms with Gasteiger partial charge in [0.1, 0.15) is 19.0 Å². The van der Waals surface area contributed by atoms with Gasteiger partial charge >= 0.3 is 0 Å². The van der Waals surface area contributed by atoms with Crippen LogP contribution in [0.1, 0.15) is 36.5 Å². The Morgan fingerprint density at radius 1 is 1.04 bits per heavy atom. The van der Waals surface area contributed by atoms with E-state index in [2.05, 4.69) is 5.32 Å². The summed E-state index contributed by atoms with van der Waals surface area (Å²) in [5, 5.41) is 2.82. The number of hydrogen-bond acceptors (Lipinski definition) is 5. The molecule has 0 bridgehead atoms. The third-order valence-electron chi connectivity index (χ3n) is 4.07. The van der Waals surface area contributed by atoms with Crippen LogP contribution in [-0.4, -0.2) is 31.5 Å². The highest BCUT2D eigenvalue weighted by Crippen LogP contribution is 2.31. The molecule has 142 valence electrons. The van der Waals surface area contributed by atoms with E-state index in [1.165, 1.54) is 0 Å². The fourth-order valence-electron chi connectivity index (χ4n) is 2.71. The number of rotatable bonds is 8. The summed E-state index contributed by atoms with van der Waals surface area (Å²) in [5.74, 6) is 1.50. The molecule has 2 aromatic carbocycles. The highest BCUT2D eigenvalue weighted by atomic mass is 16.6. The first kappa shape index (κ1) is 18.8. The number of ketones is 1. The van der Waals surface area contributed by atoms with Crippen LogP contribution in [0.4, 0.5) is 5.69 Å². The van der Waals surface area contributed by atoms with Gasteiger partial charge in [0.05, 0.1) is 12.3 Å². The topological polar surface area (TPSA) is 73.9 Å². The van der Waals surface area contributed by atoms with Crippen molar-refractivity contribution in [1.82, 2.24) is 0 Å². The number of fused-ring (bicyclic) bond motifs is 1. The normalized spacial score (nSPS) is 12.3. The molecule has 0 atom stereocenters. The van der Waals surface area contributed by atoms with E-state index in [1.807, 2.05) is 25.1 Å². The molecule has 0 spiro atoms. The molecule has 0 aromatic heterocycles.